The van der Waals surface area contributed by atoms with Gasteiger partial charge >= 0.3 is 0 Å². The van der Waals surface area contributed by atoms with Crippen LogP contribution in [-0.2, 0) is 11.3 Å². The predicted molar refractivity (Wildman–Crippen MR) is 112 cm³/mol. The van der Waals surface area contributed by atoms with E-state index in [4.69, 9.17) is 4.74 Å². The Balaban J connectivity index is 1.72. The summed E-state index contributed by atoms with van der Waals surface area (Å²) in [5, 5.41) is 4.09. The van der Waals surface area contributed by atoms with Crippen LogP contribution in [0.2, 0.25) is 0 Å². The first-order valence-electron chi connectivity index (χ1n) is 9.40. The summed E-state index contributed by atoms with van der Waals surface area (Å²) < 4.78 is 7.30. The van der Waals surface area contributed by atoms with Crippen molar-refractivity contribution in [2.45, 2.75) is 20.4 Å². The van der Waals surface area contributed by atoms with Crippen LogP contribution < -0.4 is 10.2 Å². The molecule has 5 heteroatoms. The zero-order valence-electron chi connectivity index (χ0n) is 16.2. The number of nitrogens with one attached hydrogen (secondary N) is 1. The number of benzene rings is 2. The minimum absolute atomic E-state index is 0.0979. The Labute approximate surface area is 160 Å². The van der Waals surface area contributed by atoms with E-state index in [-0.39, 0.29) is 5.91 Å². The summed E-state index contributed by atoms with van der Waals surface area (Å²) in [5.74, 6) is -0.0979. The van der Waals surface area contributed by atoms with Gasteiger partial charge in [0.25, 0.3) is 5.91 Å². The lowest BCUT2D eigenvalue weighted by atomic mass is 10.1. The Morgan fingerprint density at radius 2 is 1.81 bits per heavy atom. The molecule has 5 nitrogen and oxygen atoms in total. The molecule has 2 aromatic carbocycles. The number of rotatable bonds is 8. The minimum Gasteiger partial charge on any atom is -0.383 e. The number of carbonyl (C=O) groups excluding carboxylic acids is 1. The zero-order valence-corrected chi connectivity index (χ0v) is 16.2. The molecule has 0 saturated heterocycles. The molecule has 0 spiro atoms. The van der Waals surface area contributed by atoms with Crippen molar-refractivity contribution >= 4 is 28.2 Å². The maximum Gasteiger partial charge on any atom is 0.255 e. The second kappa shape index (κ2) is 8.73. The molecule has 0 radical (unpaired) electrons. The number of ether oxygens (including phenoxy) is 1. The van der Waals surface area contributed by atoms with Gasteiger partial charge in [-0.3, -0.25) is 4.79 Å². The van der Waals surface area contributed by atoms with Crippen LogP contribution in [0.15, 0.2) is 54.7 Å². The van der Waals surface area contributed by atoms with E-state index in [0.717, 1.165) is 41.9 Å². The van der Waals surface area contributed by atoms with Crippen molar-refractivity contribution in [3.05, 3.63) is 60.3 Å². The molecule has 0 unspecified atom stereocenters. The number of hydrogen-bond acceptors (Lipinski definition) is 3. The molecule has 0 fully saturated rings. The molecule has 0 aliphatic carbocycles. The number of carbonyl (C=O) groups is 1. The summed E-state index contributed by atoms with van der Waals surface area (Å²) in [5.41, 5.74) is 3.72. The van der Waals surface area contributed by atoms with Crippen LogP contribution in [0.1, 0.15) is 24.2 Å². The minimum atomic E-state index is -0.0979. The molecule has 142 valence electrons. The molecule has 1 heterocycles. The number of aromatic nitrogens is 1. The number of anilines is 2. The van der Waals surface area contributed by atoms with E-state index in [1.165, 1.54) is 0 Å². The first-order valence-corrected chi connectivity index (χ1v) is 9.40. The average molecular weight is 365 g/mol. The zero-order chi connectivity index (χ0) is 19.2. The van der Waals surface area contributed by atoms with E-state index in [1.807, 2.05) is 48.7 Å². The Morgan fingerprint density at radius 3 is 2.48 bits per heavy atom. The summed E-state index contributed by atoms with van der Waals surface area (Å²) in [7, 11) is 1.70. The molecule has 0 aliphatic rings. The third-order valence-electron chi connectivity index (χ3n) is 4.82. The molecule has 1 amide bonds. The lowest BCUT2D eigenvalue weighted by molar-refractivity contribution is 0.102. The largest absolute Gasteiger partial charge is 0.383 e. The number of amides is 1. The lowest BCUT2D eigenvalue weighted by Gasteiger charge is -2.21. The van der Waals surface area contributed by atoms with E-state index in [0.29, 0.717) is 12.2 Å². The van der Waals surface area contributed by atoms with Gasteiger partial charge in [-0.1, -0.05) is 0 Å². The second-order valence-corrected chi connectivity index (χ2v) is 6.45. The normalized spacial score (nSPS) is 10.9. The first kappa shape index (κ1) is 19.0. The molecular formula is C22H27N3O2. The van der Waals surface area contributed by atoms with Crippen molar-refractivity contribution in [1.82, 2.24) is 4.57 Å². The van der Waals surface area contributed by atoms with E-state index >= 15 is 0 Å². The summed E-state index contributed by atoms with van der Waals surface area (Å²) in [6.07, 6.45) is 2.04. The number of nitrogens with zero attached hydrogens (tertiary/aromatic N) is 2. The van der Waals surface area contributed by atoms with Gasteiger partial charge < -0.3 is 19.5 Å². The molecular weight excluding hydrogens is 338 g/mol. The maximum atomic E-state index is 12.6. The molecule has 1 aromatic heterocycles. The fourth-order valence-electron chi connectivity index (χ4n) is 3.28. The van der Waals surface area contributed by atoms with Gasteiger partial charge in [0.1, 0.15) is 0 Å². The summed E-state index contributed by atoms with van der Waals surface area (Å²) in [6.45, 7) is 7.64. The Kier molecular flexibility index (Phi) is 6.14. The van der Waals surface area contributed by atoms with Crippen LogP contribution in [-0.4, -0.2) is 37.3 Å². The van der Waals surface area contributed by atoms with Crippen molar-refractivity contribution in [3.63, 3.8) is 0 Å². The summed E-state index contributed by atoms with van der Waals surface area (Å²) in [6, 6.07) is 15.8. The fraction of sp³-hybridized carbons (Fsp3) is 0.318. The van der Waals surface area contributed by atoms with Gasteiger partial charge in [-0.2, -0.15) is 0 Å². The fourth-order valence-corrected chi connectivity index (χ4v) is 3.28. The van der Waals surface area contributed by atoms with E-state index in [9.17, 15) is 4.79 Å². The van der Waals surface area contributed by atoms with Gasteiger partial charge in [0, 0.05) is 60.8 Å². The SMILES string of the molecule is CCN(CC)c1ccc(C(=O)Nc2ccc3c(ccn3CCOC)c2)cc1. The molecule has 0 atom stereocenters. The average Bonchev–Trinajstić information content (AvgIpc) is 3.10. The maximum absolute atomic E-state index is 12.6. The Bertz CT molecular complexity index is 896. The Morgan fingerprint density at radius 1 is 1.07 bits per heavy atom. The lowest BCUT2D eigenvalue weighted by Crippen LogP contribution is -2.21. The number of hydrogen-bond donors (Lipinski definition) is 1. The summed E-state index contributed by atoms with van der Waals surface area (Å²) in [4.78, 5) is 14.8. The standard InChI is InChI=1S/C22H27N3O2/c1-4-24(5-2)20-9-6-17(7-10-20)22(26)23-19-8-11-21-18(16-19)12-13-25(21)14-15-27-3/h6-13,16H,4-5,14-15H2,1-3H3,(H,23,26). The highest BCUT2D eigenvalue weighted by Crippen LogP contribution is 2.22. The molecule has 1 N–H and O–H groups in total. The molecule has 3 rings (SSSR count). The van der Waals surface area contributed by atoms with Gasteiger partial charge in [-0.25, -0.2) is 0 Å². The molecule has 3 aromatic rings. The van der Waals surface area contributed by atoms with E-state index < -0.39 is 0 Å². The monoisotopic (exact) mass is 365 g/mol. The first-order chi connectivity index (χ1) is 13.2. The van der Waals surface area contributed by atoms with E-state index in [2.05, 4.69) is 34.7 Å². The molecule has 0 aliphatic heterocycles. The van der Waals surface area contributed by atoms with Gasteiger partial charge in [0.05, 0.1) is 6.61 Å². The van der Waals surface area contributed by atoms with Crippen molar-refractivity contribution in [2.24, 2.45) is 0 Å². The Hall–Kier alpha value is -2.79. The smallest absolute Gasteiger partial charge is 0.255 e. The van der Waals surface area contributed by atoms with Crippen LogP contribution in [0.25, 0.3) is 10.9 Å². The topological polar surface area (TPSA) is 46.5 Å². The van der Waals surface area contributed by atoms with Crippen LogP contribution >= 0.6 is 0 Å². The van der Waals surface area contributed by atoms with Crippen molar-refractivity contribution < 1.29 is 9.53 Å². The highest BCUT2D eigenvalue weighted by molar-refractivity contribution is 6.05. The van der Waals surface area contributed by atoms with Crippen molar-refractivity contribution in [2.75, 3.05) is 37.0 Å². The van der Waals surface area contributed by atoms with Crippen LogP contribution in [0.3, 0.4) is 0 Å². The van der Waals surface area contributed by atoms with Gasteiger partial charge in [-0.15, -0.1) is 0 Å². The van der Waals surface area contributed by atoms with Crippen LogP contribution in [0, 0.1) is 0 Å². The van der Waals surface area contributed by atoms with Crippen LogP contribution in [0.4, 0.5) is 11.4 Å². The third kappa shape index (κ3) is 4.31. The molecule has 27 heavy (non-hydrogen) atoms. The van der Waals surface area contributed by atoms with Gasteiger partial charge in [0.15, 0.2) is 0 Å². The van der Waals surface area contributed by atoms with E-state index in [1.54, 1.807) is 7.11 Å². The van der Waals surface area contributed by atoms with Crippen LogP contribution in [0.5, 0.6) is 0 Å². The second-order valence-electron chi connectivity index (χ2n) is 6.45. The van der Waals surface area contributed by atoms with Gasteiger partial charge in [0.2, 0.25) is 0 Å². The predicted octanol–water partition coefficient (Wildman–Crippen LogP) is 4.39. The van der Waals surface area contributed by atoms with Crippen molar-refractivity contribution in [3.8, 4) is 0 Å². The molecule has 0 saturated carbocycles. The number of fused-ring (bicyclic) bond motifs is 1. The highest BCUT2D eigenvalue weighted by Gasteiger charge is 2.09. The molecule has 0 bridgehead atoms. The van der Waals surface area contributed by atoms with Crippen molar-refractivity contribution in [1.29, 1.82) is 0 Å². The highest BCUT2D eigenvalue weighted by atomic mass is 16.5. The quantitative estimate of drug-likeness (QED) is 0.644. The summed E-state index contributed by atoms with van der Waals surface area (Å²) >= 11 is 0. The third-order valence-corrected chi connectivity index (χ3v) is 4.82. The van der Waals surface area contributed by atoms with Gasteiger partial charge in [-0.05, 0) is 62.4 Å². The number of methoxy groups -OCH3 is 1.